The van der Waals surface area contributed by atoms with Crippen LogP contribution >= 0.6 is 0 Å². The molecule has 0 bridgehead atoms. The van der Waals surface area contributed by atoms with Crippen LogP contribution in [-0.2, 0) is 27.2 Å². The van der Waals surface area contributed by atoms with E-state index in [0.29, 0.717) is 24.8 Å². The third-order valence-corrected chi connectivity index (χ3v) is 7.79. The smallest absolute Gasteiger partial charge is 0.173 e. The van der Waals surface area contributed by atoms with E-state index in [2.05, 4.69) is 19.1 Å². The van der Waals surface area contributed by atoms with Crippen LogP contribution in [0.5, 0.6) is 5.75 Å². The second kappa shape index (κ2) is 8.12. The molecule has 0 aromatic heterocycles. The molecule has 5 rings (SSSR count). The number of fused-ring (bicyclic) bond motifs is 3. The normalized spacial score (nSPS) is 26.1. The average molecular weight is 461 g/mol. The Morgan fingerprint density at radius 1 is 1.12 bits per heavy atom. The monoisotopic (exact) mass is 460 g/mol. The van der Waals surface area contributed by atoms with E-state index in [4.69, 9.17) is 0 Å². The van der Waals surface area contributed by atoms with E-state index in [-0.39, 0.29) is 40.6 Å². The van der Waals surface area contributed by atoms with Crippen molar-refractivity contribution in [2.45, 2.75) is 52.4 Å². The van der Waals surface area contributed by atoms with Gasteiger partial charge in [0.25, 0.3) is 0 Å². The van der Waals surface area contributed by atoms with Gasteiger partial charge in [0.2, 0.25) is 0 Å². The molecule has 0 saturated heterocycles. The van der Waals surface area contributed by atoms with E-state index >= 15 is 0 Å². The molecule has 3 atom stereocenters. The van der Waals surface area contributed by atoms with Gasteiger partial charge in [-0.1, -0.05) is 42.4 Å². The molecule has 0 heterocycles. The number of carbonyl (C=O) groups is 3. The molecule has 0 amide bonds. The fourth-order valence-electron chi connectivity index (χ4n) is 6.17. The van der Waals surface area contributed by atoms with Crippen molar-refractivity contribution in [2.24, 2.45) is 17.8 Å². The van der Waals surface area contributed by atoms with E-state index in [0.717, 1.165) is 18.4 Å². The Balaban J connectivity index is 1.54. The Morgan fingerprint density at radius 2 is 1.88 bits per heavy atom. The van der Waals surface area contributed by atoms with Crippen LogP contribution in [0.25, 0.3) is 5.76 Å². The van der Waals surface area contributed by atoms with Crippen molar-refractivity contribution < 1.29 is 29.7 Å². The second-order valence-corrected chi connectivity index (χ2v) is 9.87. The average Bonchev–Trinajstić information content (AvgIpc) is 3.22. The Morgan fingerprint density at radius 3 is 2.56 bits per heavy atom. The quantitative estimate of drug-likeness (QED) is 0.565. The minimum atomic E-state index is -1.01. The van der Waals surface area contributed by atoms with Crippen LogP contribution in [0.1, 0.15) is 56.2 Å². The van der Waals surface area contributed by atoms with Gasteiger partial charge >= 0.3 is 0 Å². The van der Waals surface area contributed by atoms with Crippen molar-refractivity contribution in [3.8, 4) is 5.75 Å². The van der Waals surface area contributed by atoms with Crippen molar-refractivity contribution in [1.82, 2.24) is 0 Å². The molecule has 6 nitrogen and oxygen atoms in total. The van der Waals surface area contributed by atoms with Gasteiger partial charge in [-0.05, 0) is 62.0 Å². The van der Waals surface area contributed by atoms with Gasteiger partial charge in [-0.3, -0.25) is 14.4 Å². The van der Waals surface area contributed by atoms with Gasteiger partial charge in [-0.25, -0.2) is 0 Å². The molecule has 4 aliphatic carbocycles. The molecule has 6 heteroatoms. The minimum absolute atomic E-state index is 0.0234. The van der Waals surface area contributed by atoms with Gasteiger partial charge in [-0.2, -0.15) is 0 Å². The number of aromatic hydroxyl groups is 1. The van der Waals surface area contributed by atoms with E-state index in [1.54, 1.807) is 0 Å². The number of ketones is 3. The molecule has 0 spiro atoms. The summed E-state index contributed by atoms with van der Waals surface area (Å²) in [6.45, 7) is 3.30. The summed E-state index contributed by atoms with van der Waals surface area (Å²) in [7, 11) is 0. The summed E-state index contributed by atoms with van der Waals surface area (Å²) in [4.78, 5) is 37.9. The first-order valence-electron chi connectivity index (χ1n) is 11.9. The molecule has 34 heavy (non-hydrogen) atoms. The minimum Gasteiger partial charge on any atom is -0.511 e. The standard InChI is InChI=1S/C28H28O6/c1-3-14-4-5-15(8-14)9-17-7-6-16-10-18-11-19-12-20(30)21(13(2)29)26(32)24(19)28(34)23(18)27(33)22(16)25(17)31/h4,6-8,18-19,24,31-33H,3,5,9-12H2,1-2H3. The highest BCUT2D eigenvalue weighted by Gasteiger charge is 2.50. The summed E-state index contributed by atoms with van der Waals surface area (Å²) >= 11 is 0. The molecule has 0 aliphatic heterocycles. The summed E-state index contributed by atoms with van der Waals surface area (Å²) < 4.78 is 0. The largest absolute Gasteiger partial charge is 0.511 e. The zero-order valence-corrected chi connectivity index (χ0v) is 19.4. The Labute approximate surface area is 198 Å². The van der Waals surface area contributed by atoms with Gasteiger partial charge in [-0.15, -0.1) is 0 Å². The zero-order chi connectivity index (χ0) is 24.3. The fourth-order valence-corrected chi connectivity index (χ4v) is 6.17. The van der Waals surface area contributed by atoms with Crippen molar-refractivity contribution in [1.29, 1.82) is 0 Å². The van der Waals surface area contributed by atoms with Crippen molar-refractivity contribution in [3.05, 3.63) is 69.0 Å². The summed E-state index contributed by atoms with van der Waals surface area (Å²) in [6.07, 6.45) is 7.59. The number of rotatable bonds is 4. The molecule has 4 aliphatic rings. The molecule has 3 unspecified atom stereocenters. The SMILES string of the molecule is CCC1=CCC(Cc2ccc3c(c2O)C(O)=C2C(=O)C4C(O)=C(C(C)=O)C(=O)CC4CC2C3)=C1. The first-order valence-corrected chi connectivity index (χ1v) is 11.9. The molecular weight excluding hydrogens is 432 g/mol. The van der Waals surface area contributed by atoms with Crippen LogP contribution in [0.2, 0.25) is 0 Å². The third-order valence-electron chi connectivity index (χ3n) is 7.79. The van der Waals surface area contributed by atoms with Crippen LogP contribution in [0.15, 0.2) is 52.3 Å². The Bertz CT molecular complexity index is 1270. The molecule has 176 valence electrons. The molecule has 1 aromatic rings. The molecule has 1 saturated carbocycles. The number of phenols is 1. The molecule has 3 N–H and O–H groups in total. The number of carbonyl (C=O) groups excluding carboxylic acids is 3. The highest BCUT2D eigenvalue weighted by molar-refractivity contribution is 6.21. The Hall–Kier alpha value is -3.41. The van der Waals surface area contributed by atoms with Gasteiger partial charge in [0.15, 0.2) is 17.3 Å². The van der Waals surface area contributed by atoms with E-state index < -0.39 is 34.9 Å². The molecule has 1 aromatic carbocycles. The summed E-state index contributed by atoms with van der Waals surface area (Å²) in [5.74, 6) is -3.95. The maximum Gasteiger partial charge on any atom is 0.173 e. The van der Waals surface area contributed by atoms with Gasteiger partial charge < -0.3 is 15.3 Å². The van der Waals surface area contributed by atoms with Crippen LogP contribution in [0, 0.1) is 17.8 Å². The number of aliphatic hydroxyl groups is 2. The molecular formula is C28H28O6. The lowest BCUT2D eigenvalue weighted by Crippen LogP contribution is -2.43. The van der Waals surface area contributed by atoms with Crippen LogP contribution in [-0.4, -0.2) is 32.7 Å². The number of allylic oxidation sites excluding steroid dienone is 7. The zero-order valence-electron chi connectivity index (χ0n) is 19.4. The lowest BCUT2D eigenvalue weighted by molar-refractivity contribution is -0.127. The van der Waals surface area contributed by atoms with Gasteiger partial charge in [0.05, 0.1) is 17.1 Å². The summed E-state index contributed by atoms with van der Waals surface area (Å²) in [6, 6.07) is 3.78. The maximum atomic E-state index is 13.5. The first kappa shape index (κ1) is 22.4. The van der Waals surface area contributed by atoms with E-state index in [1.807, 2.05) is 12.1 Å². The van der Waals surface area contributed by atoms with Crippen molar-refractivity contribution >= 4 is 23.1 Å². The molecule has 1 fully saturated rings. The van der Waals surface area contributed by atoms with Crippen molar-refractivity contribution in [3.63, 3.8) is 0 Å². The van der Waals surface area contributed by atoms with E-state index in [9.17, 15) is 29.7 Å². The summed E-state index contributed by atoms with van der Waals surface area (Å²) in [5.41, 5.74) is 4.05. The van der Waals surface area contributed by atoms with Crippen LogP contribution in [0.3, 0.4) is 0 Å². The second-order valence-electron chi connectivity index (χ2n) is 9.87. The highest BCUT2D eigenvalue weighted by atomic mass is 16.3. The van der Waals surface area contributed by atoms with Crippen LogP contribution < -0.4 is 0 Å². The Kier molecular flexibility index (Phi) is 5.34. The number of Topliss-reactive ketones (excluding diaryl/α,β-unsaturated/α-hetero) is 3. The topological polar surface area (TPSA) is 112 Å². The predicted molar refractivity (Wildman–Crippen MR) is 126 cm³/mol. The lowest BCUT2D eigenvalue weighted by atomic mass is 9.61. The maximum absolute atomic E-state index is 13.5. The number of hydrogen-bond donors (Lipinski definition) is 3. The summed E-state index contributed by atoms with van der Waals surface area (Å²) in [5, 5.41) is 33.0. The third kappa shape index (κ3) is 3.35. The number of aliphatic hydroxyl groups excluding tert-OH is 2. The number of hydrogen-bond acceptors (Lipinski definition) is 6. The fraction of sp³-hybridized carbons (Fsp3) is 0.393. The predicted octanol–water partition coefficient (Wildman–Crippen LogP) is 4.62. The first-order chi connectivity index (χ1) is 16.2. The lowest BCUT2D eigenvalue weighted by Gasteiger charge is -2.41. The number of phenolic OH excluding ortho intramolecular Hbond substituents is 1. The van der Waals surface area contributed by atoms with Crippen LogP contribution in [0.4, 0.5) is 0 Å². The van der Waals surface area contributed by atoms with Gasteiger partial charge in [0.1, 0.15) is 17.3 Å². The molecule has 0 radical (unpaired) electrons. The van der Waals surface area contributed by atoms with E-state index in [1.165, 1.54) is 18.1 Å². The van der Waals surface area contributed by atoms with Crippen molar-refractivity contribution in [2.75, 3.05) is 0 Å². The highest BCUT2D eigenvalue weighted by Crippen LogP contribution is 2.50. The number of benzene rings is 1. The van der Waals surface area contributed by atoms with Gasteiger partial charge in [0, 0.05) is 12.0 Å².